The Hall–Kier alpha value is -4.25. The lowest BCUT2D eigenvalue weighted by Crippen LogP contribution is -2.23. The zero-order chi connectivity index (χ0) is 23.3. The lowest BCUT2D eigenvalue weighted by atomic mass is 10.2. The van der Waals surface area contributed by atoms with Crippen molar-refractivity contribution < 1.29 is 23.8 Å². The average Bonchev–Trinajstić information content (AvgIpc) is 3.06. The molecule has 0 radical (unpaired) electrons. The maximum Gasteiger partial charge on any atom is 0.338 e. The number of rotatable bonds is 7. The molecule has 8 heteroatoms. The molecule has 1 heterocycles. The number of amides is 1. The van der Waals surface area contributed by atoms with E-state index in [1.165, 1.54) is 26.4 Å². The van der Waals surface area contributed by atoms with E-state index < -0.39 is 18.5 Å². The third kappa shape index (κ3) is 4.57. The number of anilines is 1. The predicted molar refractivity (Wildman–Crippen MR) is 118 cm³/mol. The molecule has 3 aromatic rings. The zero-order valence-electron chi connectivity index (χ0n) is 18.3. The number of carbonyl (C=O) groups excluding carboxylic acids is 2. The van der Waals surface area contributed by atoms with E-state index in [1.807, 2.05) is 44.2 Å². The summed E-state index contributed by atoms with van der Waals surface area (Å²) in [4.78, 5) is 25.0. The second-order valence-electron chi connectivity index (χ2n) is 6.94. The van der Waals surface area contributed by atoms with E-state index in [9.17, 15) is 14.9 Å². The molecule has 0 bridgehead atoms. The van der Waals surface area contributed by atoms with Crippen molar-refractivity contribution in [2.24, 2.45) is 0 Å². The van der Waals surface area contributed by atoms with Gasteiger partial charge in [-0.05, 0) is 43.7 Å². The van der Waals surface area contributed by atoms with Gasteiger partial charge in [0.05, 0.1) is 25.3 Å². The Morgan fingerprint density at radius 2 is 1.66 bits per heavy atom. The first-order chi connectivity index (χ1) is 15.4. The number of hydrogen-bond acceptors (Lipinski definition) is 6. The molecule has 0 saturated carbocycles. The molecule has 1 aromatic heterocycles. The molecular formula is C24H23N3O5. The Labute approximate surface area is 185 Å². The summed E-state index contributed by atoms with van der Waals surface area (Å²) in [6.45, 7) is 3.16. The van der Waals surface area contributed by atoms with Crippen molar-refractivity contribution >= 4 is 17.7 Å². The normalized spacial score (nSPS) is 10.2. The van der Waals surface area contributed by atoms with E-state index in [2.05, 4.69) is 11.4 Å². The predicted octanol–water partition coefficient (Wildman–Crippen LogP) is 3.78. The van der Waals surface area contributed by atoms with E-state index in [0.29, 0.717) is 22.9 Å². The van der Waals surface area contributed by atoms with Crippen molar-refractivity contribution in [1.82, 2.24) is 4.57 Å². The molecule has 32 heavy (non-hydrogen) atoms. The van der Waals surface area contributed by atoms with Crippen molar-refractivity contribution in [2.45, 2.75) is 13.8 Å². The summed E-state index contributed by atoms with van der Waals surface area (Å²) in [6.07, 6.45) is 0. The molecule has 0 aliphatic carbocycles. The fourth-order valence-corrected chi connectivity index (χ4v) is 3.27. The molecule has 164 valence electrons. The van der Waals surface area contributed by atoms with Crippen molar-refractivity contribution in [3.8, 4) is 23.3 Å². The van der Waals surface area contributed by atoms with Crippen LogP contribution in [0, 0.1) is 25.2 Å². The highest BCUT2D eigenvalue weighted by Crippen LogP contribution is 2.30. The van der Waals surface area contributed by atoms with Crippen LogP contribution in [0.25, 0.3) is 5.69 Å². The minimum Gasteiger partial charge on any atom is -0.497 e. The van der Waals surface area contributed by atoms with Crippen LogP contribution in [0.3, 0.4) is 0 Å². The van der Waals surface area contributed by atoms with Crippen LogP contribution >= 0.6 is 0 Å². The topological polar surface area (TPSA) is 103 Å². The van der Waals surface area contributed by atoms with Gasteiger partial charge in [-0.25, -0.2) is 4.79 Å². The van der Waals surface area contributed by atoms with Gasteiger partial charge >= 0.3 is 5.97 Å². The quantitative estimate of drug-likeness (QED) is 0.569. The molecule has 0 saturated heterocycles. The third-order valence-electron chi connectivity index (χ3n) is 5.02. The van der Waals surface area contributed by atoms with Crippen LogP contribution in [0.2, 0.25) is 0 Å². The molecule has 1 amide bonds. The van der Waals surface area contributed by atoms with Gasteiger partial charge in [-0.1, -0.05) is 18.2 Å². The molecular weight excluding hydrogens is 410 g/mol. The second kappa shape index (κ2) is 9.71. The Bertz CT molecular complexity index is 1170. The number of carbonyl (C=O) groups is 2. The van der Waals surface area contributed by atoms with Gasteiger partial charge in [-0.3, -0.25) is 9.36 Å². The molecule has 0 spiro atoms. The van der Waals surface area contributed by atoms with Gasteiger partial charge in [-0.2, -0.15) is 5.26 Å². The Morgan fingerprint density at radius 1 is 1.03 bits per heavy atom. The van der Waals surface area contributed by atoms with Gasteiger partial charge in [-0.15, -0.1) is 0 Å². The third-order valence-corrected chi connectivity index (χ3v) is 5.02. The molecule has 3 rings (SSSR count). The first-order valence-corrected chi connectivity index (χ1v) is 9.77. The molecule has 2 aromatic carbocycles. The summed E-state index contributed by atoms with van der Waals surface area (Å²) in [5.41, 5.74) is 2.91. The minimum absolute atomic E-state index is 0.186. The number of hydrogen-bond donors (Lipinski definition) is 1. The smallest absolute Gasteiger partial charge is 0.338 e. The van der Waals surface area contributed by atoms with E-state index in [1.54, 1.807) is 10.6 Å². The molecule has 0 atom stereocenters. The van der Waals surface area contributed by atoms with Crippen LogP contribution in [0.15, 0.2) is 48.5 Å². The van der Waals surface area contributed by atoms with Crippen LogP contribution in [-0.2, 0) is 9.53 Å². The maximum absolute atomic E-state index is 12.6. The first kappa shape index (κ1) is 22.4. The first-order valence-electron chi connectivity index (χ1n) is 9.77. The van der Waals surface area contributed by atoms with Gasteiger partial charge in [0.25, 0.3) is 5.91 Å². The number of ether oxygens (including phenoxy) is 3. The van der Waals surface area contributed by atoms with Crippen LogP contribution in [0.4, 0.5) is 5.82 Å². The molecule has 0 aliphatic rings. The van der Waals surface area contributed by atoms with Crippen LogP contribution < -0.4 is 14.8 Å². The van der Waals surface area contributed by atoms with Crippen LogP contribution in [0.1, 0.15) is 27.2 Å². The SMILES string of the molecule is COc1cc(OC)cc(C(=O)OCC(=O)Nc2c(C#N)c(C)c(C)n2-c2ccccc2)c1. The average molecular weight is 433 g/mol. The Morgan fingerprint density at radius 3 is 2.22 bits per heavy atom. The number of nitrogens with one attached hydrogen (secondary N) is 1. The molecule has 1 N–H and O–H groups in total. The van der Waals surface area contributed by atoms with Crippen molar-refractivity contribution in [3.05, 3.63) is 70.9 Å². The highest BCUT2D eigenvalue weighted by molar-refractivity contribution is 5.96. The zero-order valence-corrected chi connectivity index (χ0v) is 18.3. The Balaban J connectivity index is 1.79. The van der Waals surface area contributed by atoms with E-state index in [4.69, 9.17) is 14.2 Å². The maximum atomic E-state index is 12.6. The standard InChI is InChI=1S/C24H23N3O5/c1-15-16(2)27(18-8-6-5-7-9-18)23(21(15)13-25)26-22(28)14-32-24(29)17-10-19(30-3)12-20(11-17)31-4/h5-12H,14H2,1-4H3,(H,26,28). The van der Waals surface area contributed by atoms with Gasteiger partial charge in [0, 0.05) is 17.4 Å². The Kier molecular flexibility index (Phi) is 6.80. The highest BCUT2D eigenvalue weighted by atomic mass is 16.5. The summed E-state index contributed by atoms with van der Waals surface area (Å²) in [5, 5.41) is 12.4. The van der Waals surface area contributed by atoms with Crippen molar-refractivity contribution in [1.29, 1.82) is 5.26 Å². The van der Waals surface area contributed by atoms with E-state index >= 15 is 0 Å². The van der Waals surface area contributed by atoms with E-state index in [-0.39, 0.29) is 5.56 Å². The molecule has 0 unspecified atom stereocenters. The number of methoxy groups -OCH3 is 2. The summed E-state index contributed by atoms with van der Waals surface area (Å²) >= 11 is 0. The molecule has 0 fully saturated rings. The van der Waals surface area contributed by atoms with E-state index in [0.717, 1.165) is 16.9 Å². The van der Waals surface area contributed by atoms with Crippen LogP contribution in [-0.4, -0.2) is 37.3 Å². The highest BCUT2D eigenvalue weighted by Gasteiger charge is 2.21. The number of nitrogens with zero attached hydrogens (tertiary/aromatic N) is 2. The molecule has 8 nitrogen and oxygen atoms in total. The summed E-state index contributed by atoms with van der Waals surface area (Å²) in [6, 6.07) is 16.1. The summed E-state index contributed by atoms with van der Waals surface area (Å²) in [7, 11) is 2.94. The minimum atomic E-state index is -0.705. The fourth-order valence-electron chi connectivity index (χ4n) is 3.27. The summed E-state index contributed by atoms with van der Waals surface area (Å²) < 4.78 is 17.2. The van der Waals surface area contributed by atoms with Gasteiger partial charge in [0.1, 0.15) is 23.4 Å². The number of para-hydroxylation sites is 1. The largest absolute Gasteiger partial charge is 0.497 e. The van der Waals surface area contributed by atoms with Gasteiger partial charge < -0.3 is 19.5 Å². The number of aromatic nitrogens is 1. The van der Waals surface area contributed by atoms with Crippen molar-refractivity contribution in [2.75, 3.05) is 26.1 Å². The second-order valence-corrected chi connectivity index (χ2v) is 6.94. The number of benzene rings is 2. The number of esters is 1. The van der Waals surface area contributed by atoms with Crippen LogP contribution in [0.5, 0.6) is 11.5 Å². The molecule has 0 aliphatic heterocycles. The lowest BCUT2D eigenvalue weighted by Gasteiger charge is -2.13. The van der Waals surface area contributed by atoms with Crippen molar-refractivity contribution in [3.63, 3.8) is 0 Å². The summed E-state index contributed by atoms with van der Waals surface area (Å²) in [5.74, 6) is -0.0991. The fraction of sp³-hybridized carbons (Fsp3) is 0.208. The lowest BCUT2D eigenvalue weighted by molar-refractivity contribution is -0.119. The van der Waals surface area contributed by atoms with Gasteiger partial charge in [0.2, 0.25) is 0 Å². The monoisotopic (exact) mass is 433 g/mol. The number of nitriles is 1. The van der Waals surface area contributed by atoms with Gasteiger partial charge in [0.15, 0.2) is 6.61 Å².